The molecule has 0 spiro atoms. The van der Waals surface area contributed by atoms with Crippen molar-refractivity contribution in [2.75, 3.05) is 26.9 Å². The molecule has 0 saturated heterocycles. The van der Waals surface area contributed by atoms with Crippen molar-refractivity contribution >= 4 is 17.6 Å². The number of fused-ring (bicyclic) bond motifs is 1. The Morgan fingerprint density at radius 1 is 1.20 bits per heavy atom. The van der Waals surface area contributed by atoms with Gasteiger partial charge in [-0.2, -0.15) is 0 Å². The van der Waals surface area contributed by atoms with Crippen LogP contribution in [0.2, 0.25) is 5.02 Å². The van der Waals surface area contributed by atoms with E-state index in [-0.39, 0.29) is 41.4 Å². The van der Waals surface area contributed by atoms with Crippen LogP contribution >= 0.6 is 11.6 Å². The van der Waals surface area contributed by atoms with Crippen LogP contribution in [-0.2, 0) is 27.1 Å². The zero-order valence-electron chi connectivity index (χ0n) is 16.5. The van der Waals surface area contributed by atoms with Crippen LogP contribution in [0.4, 0.5) is 4.39 Å². The van der Waals surface area contributed by atoms with Gasteiger partial charge in [-0.3, -0.25) is 0 Å². The van der Waals surface area contributed by atoms with Crippen LogP contribution in [0.1, 0.15) is 24.0 Å². The summed E-state index contributed by atoms with van der Waals surface area (Å²) in [7, 11) is 1.50. The Labute approximate surface area is 178 Å². The third-order valence-electron chi connectivity index (χ3n) is 4.79. The molecule has 9 heteroatoms. The van der Waals surface area contributed by atoms with Crippen LogP contribution in [-0.4, -0.2) is 47.7 Å². The first-order valence-corrected chi connectivity index (χ1v) is 9.90. The van der Waals surface area contributed by atoms with Gasteiger partial charge >= 0.3 is 5.97 Å². The Hall–Kier alpha value is -2.71. The average molecular weight is 440 g/mol. The highest BCUT2D eigenvalue weighted by Gasteiger charge is 2.27. The number of aromatic nitrogens is 1. The summed E-state index contributed by atoms with van der Waals surface area (Å²) >= 11 is 6.07. The molecule has 1 aromatic heterocycles. The number of benzene rings is 1. The first-order valence-electron chi connectivity index (χ1n) is 9.52. The van der Waals surface area contributed by atoms with Crippen LogP contribution < -0.4 is 4.74 Å². The molecule has 0 fully saturated rings. The fraction of sp³-hybridized carbons (Fsp3) is 0.381. The molecule has 30 heavy (non-hydrogen) atoms. The average Bonchev–Trinajstić information content (AvgIpc) is 2.98. The Kier molecular flexibility index (Phi) is 7.23. The van der Waals surface area contributed by atoms with Gasteiger partial charge in [-0.1, -0.05) is 11.6 Å². The lowest BCUT2D eigenvalue weighted by atomic mass is 9.95. The lowest BCUT2D eigenvalue weighted by Crippen LogP contribution is -2.07. The molecule has 0 amide bonds. The van der Waals surface area contributed by atoms with Gasteiger partial charge in [0, 0.05) is 30.4 Å². The van der Waals surface area contributed by atoms with Crippen LogP contribution in [0.15, 0.2) is 24.3 Å². The summed E-state index contributed by atoms with van der Waals surface area (Å²) in [5, 5.41) is 21.1. The minimum Gasteiger partial charge on any atom is -0.494 e. The highest BCUT2D eigenvalue weighted by atomic mass is 35.5. The Bertz CT molecular complexity index is 926. The topological polar surface area (TPSA) is 90.2 Å². The summed E-state index contributed by atoms with van der Waals surface area (Å²) < 4.78 is 30.9. The van der Waals surface area contributed by atoms with Gasteiger partial charge in [-0.15, -0.1) is 0 Å². The van der Waals surface area contributed by atoms with Crippen molar-refractivity contribution in [3.63, 3.8) is 0 Å². The van der Waals surface area contributed by atoms with Gasteiger partial charge in [-0.25, -0.2) is 13.8 Å². The van der Waals surface area contributed by atoms with Crippen LogP contribution in [0, 0.1) is 5.82 Å². The second kappa shape index (κ2) is 9.86. The molecule has 0 bridgehead atoms. The Balaban J connectivity index is 1.77. The Morgan fingerprint density at radius 2 is 1.87 bits per heavy atom. The van der Waals surface area contributed by atoms with Crippen molar-refractivity contribution in [3.8, 4) is 23.2 Å². The predicted octanol–water partition coefficient (Wildman–Crippen LogP) is 3.68. The quantitative estimate of drug-likeness (QED) is 0.370. The molecule has 1 heterocycles. The highest BCUT2D eigenvalue weighted by molar-refractivity contribution is 6.32. The first-order chi connectivity index (χ1) is 14.4. The molecule has 162 valence electrons. The molecule has 7 nitrogen and oxygen atoms in total. The van der Waals surface area contributed by atoms with Gasteiger partial charge in [0.2, 0.25) is 11.8 Å². The van der Waals surface area contributed by atoms with Gasteiger partial charge in [0.25, 0.3) is 0 Å². The largest absolute Gasteiger partial charge is 0.494 e. The molecule has 2 aromatic rings. The lowest BCUT2D eigenvalue weighted by Gasteiger charge is -2.12. The maximum absolute atomic E-state index is 14.6. The van der Waals surface area contributed by atoms with Crippen molar-refractivity contribution in [1.29, 1.82) is 0 Å². The number of methoxy groups -OCH3 is 1. The number of ether oxygens (including phenoxy) is 3. The van der Waals surface area contributed by atoms with Crippen LogP contribution in [0.5, 0.6) is 17.5 Å². The molecule has 3 rings (SSSR count). The van der Waals surface area contributed by atoms with E-state index in [2.05, 4.69) is 0 Å². The summed E-state index contributed by atoms with van der Waals surface area (Å²) in [6.07, 6.45) is 5.64. The van der Waals surface area contributed by atoms with Gasteiger partial charge < -0.3 is 24.4 Å². The van der Waals surface area contributed by atoms with Crippen LogP contribution in [0.3, 0.4) is 0 Å². The third-order valence-corrected chi connectivity index (χ3v) is 5.09. The summed E-state index contributed by atoms with van der Waals surface area (Å²) in [5.74, 6) is -1.51. The normalized spacial score (nSPS) is 13.4. The lowest BCUT2D eigenvalue weighted by molar-refractivity contribution is -0.139. The van der Waals surface area contributed by atoms with Gasteiger partial charge in [0.1, 0.15) is 24.8 Å². The summed E-state index contributed by atoms with van der Waals surface area (Å²) in [6.45, 7) is 0.415. The fourth-order valence-electron chi connectivity index (χ4n) is 3.35. The minimum atomic E-state index is -0.720. The fourth-order valence-corrected chi connectivity index (χ4v) is 3.56. The molecule has 0 radical (unpaired) electrons. The van der Waals surface area contributed by atoms with E-state index in [9.17, 15) is 19.4 Å². The van der Waals surface area contributed by atoms with E-state index in [0.29, 0.717) is 30.6 Å². The predicted molar refractivity (Wildman–Crippen MR) is 108 cm³/mol. The summed E-state index contributed by atoms with van der Waals surface area (Å²) in [6, 6.07) is 2.35. The molecule has 1 aliphatic carbocycles. The maximum atomic E-state index is 14.6. The smallest absolute Gasteiger partial charge is 0.330 e. The molecule has 0 unspecified atom stereocenters. The zero-order valence-corrected chi connectivity index (χ0v) is 17.2. The van der Waals surface area contributed by atoms with E-state index in [1.165, 1.54) is 25.3 Å². The molecule has 1 aliphatic rings. The van der Waals surface area contributed by atoms with E-state index in [4.69, 9.17) is 25.8 Å². The standard InChI is InChI=1S/C21H23ClFNO6/c1-28-9-10-30-19(25)7-4-8-29-18-12-17(16(23)11-15(18)22)24-20(26)13-5-2-3-6-14(13)21(24)27/h4,7,11-12,26-27H,2-3,5-6,8-10H2,1H3. The third kappa shape index (κ3) is 4.71. The molecule has 2 N–H and O–H groups in total. The number of halogens is 2. The van der Waals surface area contributed by atoms with Gasteiger partial charge in [-0.05, 0) is 37.8 Å². The second-order valence-electron chi connectivity index (χ2n) is 6.75. The number of aromatic hydroxyl groups is 2. The number of rotatable bonds is 8. The van der Waals surface area contributed by atoms with Crippen molar-refractivity contribution in [2.45, 2.75) is 25.7 Å². The highest BCUT2D eigenvalue weighted by Crippen LogP contribution is 2.42. The molecule has 0 atom stereocenters. The minimum absolute atomic E-state index is 0.0169. The number of carbonyl (C=O) groups excluding carboxylic acids is 1. The Morgan fingerprint density at radius 3 is 2.50 bits per heavy atom. The zero-order chi connectivity index (χ0) is 21.7. The summed E-state index contributed by atoms with van der Waals surface area (Å²) in [5.41, 5.74) is 1.18. The maximum Gasteiger partial charge on any atom is 0.330 e. The van der Waals surface area contributed by atoms with E-state index in [0.717, 1.165) is 23.5 Å². The molecule has 0 aliphatic heterocycles. The van der Waals surface area contributed by atoms with Crippen molar-refractivity contribution in [3.05, 3.63) is 46.3 Å². The van der Waals surface area contributed by atoms with E-state index >= 15 is 0 Å². The van der Waals surface area contributed by atoms with Gasteiger partial charge in [0.05, 0.1) is 17.3 Å². The SMILES string of the molecule is COCCOC(=O)C=CCOc1cc(-n2c(O)c3c(c2O)CCCC3)c(F)cc1Cl. The monoisotopic (exact) mass is 439 g/mol. The van der Waals surface area contributed by atoms with E-state index in [1.54, 1.807) is 0 Å². The van der Waals surface area contributed by atoms with Gasteiger partial charge in [0.15, 0.2) is 0 Å². The van der Waals surface area contributed by atoms with Crippen molar-refractivity contribution in [1.82, 2.24) is 4.57 Å². The van der Waals surface area contributed by atoms with Crippen molar-refractivity contribution < 1.29 is 33.6 Å². The van der Waals surface area contributed by atoms with Crippen LogP contribution in [0.25, 0.3) is 5.69 Å². The first kappa shape index (κ1) is 22.0. The number of hydrogen-bond acceptors (Lipinski definition) is 6. The number of carbonyl (C=O) groups is 1. The number of hydrogen-bond donors (Lipinski definition) is 2. The molecular formula is C21H23ClFNO6. The second-order valence-corrected chi connectivity index (χ2v) is 7.16. The number of nitrogens with zero attached hydrogens (tertiary/aromatic N) is 1. The summed E-state index contributed by atoms with van der Waals surface area (Å²) in [4.78, 5) is 11.5. The molecular weight excluding hydrogens is 417 g/mol. The number of esters is 1. The molecule has 0 saturated carbocycles. The molecule has 1 aromatic carbocycles. The van der Waals surface area contributed by atoms with E-state index < -0.39 is 11.8 Å². The van der Waals surface area contributed by atoms with Crippen molar-refractivity contribution in [2.24, 2.45) is 0 Å². The van der Waals surface area contributed by atoms with E-state index in [1.807, 2.05) is 0 Å².